The van der Waals surface area contributed by atoms with Gasteiger partial charge in [-0.25, -0.2) is 0 Å². The molecule has 3 N–H and O–H groups in total. The number of carbonyl (C=O) groups is 2. The predicted molar refractivity (Wildman–Crippen MR) is 97.6 cm³/mol. The summed E-state index contributed by atoms with van der Waals surface area (Å²) < 4.78 is 38.1. The van der Waals surface area contributed by atoms with Crippen molar-refractivity contribution in [1.29, 1.82) is 0 Å². The number of anilines is 2. The molecule has 0 saturated heterocycles. The number of nitrogens with one attached hydrogen (secondary N) is 3. The maximum absolute atomic E-state index is 12.7. The zero-order chi connectivity index (χ0) is 19.9. The van der Waals surface area contributed by atoms with Crippen molar-refractivity contribution in [2.24, 2.45) is 0 Å². The molecule has 0 fully saturated rings. The van der Waals surface area contributed by atoms with Crippen LogP contribution in [-0.2, 0) is 11.0 Å². The highest BCUT2D eigenvalue weighted by molar-refractivity contribution is 5.96. The number of carbonyl (C=O) groups excluding carboxylic acids is 2. The first-order valence-corrected chi connectivity index (χ1v) is 8.39. The number of halogens is 3. The Labute approximate surface area is 155 Å². The van der Waals surface area contributed by atoms with Gasteiger partial charge in [-0.3, -0.25) is 9.59 Å². The second-order valence-corrected chi connectivity index (χ2v) is 5.82. The van der Waals surface area contributed by atoms with Crippen molar-refractivity contribution in [3.05, 3.63) is 59.7 Å². The van der Waals surface area contributed by atoms with Crippen molar-refractivity contribution < 1.29 is 22.8 Å². The van der Waals surface area contributed by atoms with E-state index in [1.165, 1.54) is 12.1 Å². The fourth-order valence-electron chi connectivity index (χ4n) is 2.27. The van der Waals surface area contributed by atoms with E-state index in [1.807, 2.05) is 6.92 Å². The molecule has 0 radical (unpaired) electrons. The van der Waals surface area contributed by atoms with Gasteiger partial charge in [-0.2, -0.15) is 13.2 Å². The number of rotatable bonds is 7. The summed E-state index contributed by atoms with van der Waals surface area (Å²) in [5.41, 5.74) is 0.230. The molecule has 0 saturated carbocycles. The summed E-state index contributed by atoms with van der Waals surface area (Å²) in [6, 6.07) is 11.0. The molecule has 144 valence electrons. The van der Waals surface area contributed by atoms with Crippen molar-refractivity contribution in [2.75, 3.05) is 23.7 Å². The predicted octanol–water partition coefficient (Wildman–Crippen LogP) is 3.90. The monoisotopic (exact) mass is 379 g/mol. The molecule has 0 aliphatic carbocycles. The molecular formula is C19H20F3N3O2. The molecule has 0 aromatic heterocycles. The first-order valence-electron chi connectivity index (χ1n) is 8.39. The molecule has 2 rings (SSSR count). The van der Waals surface area contributed by atoms with Gasteiger partial charge in [0.25, 0.3) is 5.91 Å². The summed E-state index contributed by atoms with van der Waals surface area (Å²) in [7, 11) is 0. The maximum atomic E-state index is 12.7. The molecule has 2 amide bonds. The lowest BCUT2D eigenvalue weighted by molar-refractivity contribution is -0.137. The lowest BCUT2D eigenvalue weighted by Gasteiger charge is -2.11. The van der Waals surface area contributed by atoms with Crippen molar-refractivity contribution in [3.8, 4) is 0 Å². The molecule has 0 atom stereocenters. The molecule has 5 nitrogen and oxygen atoms in total. The van der Waals surface area contributed by atoms with Crippen LogP contribution >= 0.6 is 0 Å². The first-order chi connectivity index (χ1) is 12.8. The van der Waals surface area contributed by atoms with Gasteiger partial charge in [0.05, 0.1) is 12.1 Å². The lowest BCUT2D eigenvalue weighted by Crippen LogP contribution is -2.24. The Hall–Kier alpha value is -3.03. The van der Waals surface area contributed by atoms with Gasteiger partial charge in [-0.1, -0.05) is 19.1 Å². The van der Waals surface area contributed by atoms with Gasteiger partial charge in [0.1, 0.15) is 0 Å². The normalized spacial score (nSPS) is 11.0. The Balaban J connectivity index is 1.93. The Morgan fingerprint density at radius 1 is 1.00 bits per heavy atom. The van der Waals surface area contributed by atoms with Crippen molar-refractivity contribution in [2.45, 2.75) is 19.5 Å². The third-order valence-corrected chi connectivity index (χ3v) is 3.59. The van der Waals surface area contributed by atoms with Gasteiger partial charge < -0.3 is 16.0 Å². The summed E-state index contributed by atoms with van der Waals surface area (Å²) in [6.45, 7) is 2.35. The number of alkyl halides is 3. The van der Waals surface area contributed by atoms with Crippen molar-refractivity contribution >= 4 is 23.2 Å². The van der Waals surface area contributed by atoms with Crippen LogP contribution < -0.4 is 16.0 Å². The van der Waals surface area contributed by atoms with Crippen LogP contribution in [0.4, 0.5) is 24.5 Å². The molecule has 0 bridgehead atoms. The van der Waals surface area contributed by atoms with E-state index < -0.39 is 17.6 Å². The molecule has 0 spiro atoms. The lowest BCUT2D eigenvalue weighted by atomic mass is 10.2. The topological polar surface area (TPSA) is 70.2 Å². The van der Waals surface area contributed by atoms with Crippen LogP contribution in [0.2, 0.25) is 0 Å². The van der Waals surface area contributed by atoms with Crippen molar-refractivity contribution in [3.63, 3.8) is 0 Å². The Kier molecular flexibility index (Phi) is 6.81. The summed E-state index contributed by atoms with van der Waals surface area (Å²) >= 11 is 0. The largest absolute Gasteiger partial charge is 0.416 e. The number of amides is 2. The van der Waals surface area contributed by atoms with Crippen LogP contribution in [0.25, 0.3) is 0 Å². The van der Waals surface area contributed by atoms with Crippen LogP contribution in [0.5, 0.6) is 0 Å². The van der Waals surface area contributed by atoms with E-state index in [0.717, 1.165) is 18.6 Å². The minimum Gasteiger partial charge on any atom is -0.376 e. The zero-order valence-electron chi connectivity index (χ0n) is 14.7. The van der Waals surface area contributed by atoms with E-state index in [4.69, 9.17) is 0 Å². The van der Waals surface area contributed by atoms with E-state index in [2.05, 4.69) is 16.0 Å². The molecule has 0 unspecified atom stereocenters. The van der Waals surface area contributed by atoms with Crippen molar-refractivity contribution in [1.82, 2.24) is 5.32 Å². The number of benzene rings is 2. The van der Waals surface area contributed by atoms with Gasteiger partial charge in [0.15, 0.2) is 0 Å². The van der Waals surface area contributed by atoms with Crippen LogP contribution in [-0.4, -0.2) is 24.9 Å². The van der Waals surface area contributed by atoms with E-state index in [9.17, 15) is 22.8 Å². The molecule has 27 heavy (non-hydrogen) atoms. The summed E-state index contributed by atoms with van der Waals surface area (Å²) in [5, 5.41) is 8.01. The van der Waals surface area contributed by atoms with E-state index in [0.29, 0.717) is 17.8 Å². The molecule has 2 aromatic carbocycles. The Bertz CT molecular complexity index is 807. The highest BCUT2D eigenvalue weighted by Gasteiger charge is 2.30. The van der Waals surface area contributed by atoms with Gasteiger partial charge in [-0.15, -0.1) is 0 Å². The standard InChI is InChI=1S/C19H20F3N3O2/c1-2-9-23-18(27)13-5-3-7-15(10-13)24-12-17(26)25-16-8-4-6-14(11-16)19(20,21)22/h3-8,10-11,24H,2,9,12H2,1H3,(H,23,27)(H,25,26). The first kappa shape index (κ1) is 20.3. The molecule has 0 aliphatic rings. The molecular weight excluding hydrogens is 359 g/mol. The Morgan fingerprint density at radius 2 is 1.70 bits per heavy atom. The van der Waals surface area contributed by atoms with Gasteiger partial charge in [-0.05, 0) is 42.8 Å². The number of hydrogen-bond acceptors (Lipinski definition) is 3. The fourth-order valence-corrected chi connectivity index (χ4v) is 2.27. The van der Waals surface area contributed by atoms with Crippen LogP contribution in [0, 0.1) is 0 Å². The number of hydrogen-bond donors (Lipinski definition) is 3. The van der Waals surface area contributed by atoms with Crippen LogP contribution in [0.3, 0.4) is 0 Å². The van der Waals surface area contributed by atoms with E-state index in [1.54, 1.807) is 24.3 Å². The minimum atomic E-state index is -4.47. The smallest absolute Gasteiger partial charge is 0.376 e. The molecule has 0 aliphatic heterocycles. The fraction of sp³-hybridized carbons (Fsp3) is 0.263. The summed E-state index contributed by atoms with van der Waals surface area (Å²) in [6.07, 6.45) is -3.66. The van der Waals surface area contributed by atoms with E-state index >= 15 is 0 Å². The quantitative estimate of drug-likeness (QED) is 0.683. The highest BCUT2D eigenvalue weighted by Crippen LogP contribution is 2.30. The second-order valence-electron chi connectivity index (χ2n) is 5.82. The SMILES string of the molecule is CCCNC(=O)c1cccc(NCC(=O)Nc2cccc(C(F)(F)F)c2)c1. The molecule has 0 heterocycles. The van der Waals surface area contributed by atoms with Gasteiger partial charge in [0.2, 0.25) is 5.91 Å². The second kappa shape index (κ2) is 9.07. The Morgan fingerprint density at radius 3 is 2.41 bits per heavy atom. The highest BCUT2D eigenvalue weighted by atomic mass is 19.4. The average Bonchev–Trinajstić information content (AvgIpc) is 2.64. The third kappa shape index (κ3) is 6.32. The van der Waals surface area contributed by atoms with E-state index in [-0.39, 0.29) is 18.1 Å². The minimum absolute atomic E-state index is 0.0596. The third-order valence-electron chi connectivity index (χ3n) is 3.59. The van der Waals surface area contributed by atoms with Gasteiger partial charge >= 0.3 is 6.18 Å². The molecule has 2 aromatic rings. The zero-order valence-corrected chi connectivity index (χ0v) is 14.7. The summed E-state index contributed by atoms with van der Waals surface area (Å²) in [5.74, 6) is -0.718. The average molecular weight is 379 g/mol. The van der Waals surface area contributed by atoms with Crippen LogP contribution in [0.1, 0.15) is 29.3 Å². The van der Waals surface area contributed by atoms with Crippen LogP contribution in [0.15, 0.2) is 48.5 Å². The summed E-state index contributed by atoms with van der Waals surface area (Å²) in [4.78, 5) is 23.9. The molecule has 8 heteroatoms. The maximum Gasteiger partial charge on any atom is 0.416 e. The van der Waals surface area contributed by atoms with Gasteiger partial charge in [0, 0.05) is 23.5 Å².